The molecule has 1 aliphatic rings. The number of carbonyl (C=O) groups is 2. The van der Waals surface area contributed by atoms with Gasteiger partial charge in [-0.05, 0) is 12.1 Å². The van der Waals surface area contributed by atoms with Crippen molar-refractivity contribution in [3.05, 3.63) is 30.3 Å². The predicted octanol–water partition coefficient (Wildman–Crippen LogP) is -4.76. The minimum absolute atomic E-state index is 0. The van der Waals surface area contributed by atoms with Gasteiger partial charge < -0.3 is 9.87 Å². The zero-order valence-corrected chi connectivity index (χ0v) is 17.1. The second kappa shape index (κ2) is 8.01. The molecule has 1 aromatic carbocycles. The van der Waals surface area contributed by atoms with E-state index in [1.54, 1.807) is 18.2 Å². The van der Waals surface area contributed by atoms with Gasteiger partial charge in [0.1, 0.15) is 12.6 Å². The van der Waals surface area contributed by atoms with E-state index in [4.69, 9.17) is 0 Å². The maximum atomic E-state index is 12.0. The Bertz CT molecular complexity index is 858. The number of hydrogen-bond acceptors (Lipinski definition) is 7. The molecule has 0 bridgehead atoms. The topological polar surface area (TPSA) is 144 Å². The van der Waals surface area contributed by atoms with Crippen molar-refractivity contribution in [2.75, 3.05) is 23.7 Å². The number of rotatable bonds is 6. The fourth-order valence-corrected chi connectivity index (χ4v) is 3.60. The van der Waals surface area contributed by atoms with Crippen LogP contribution in [-0.4, -0.2) is 62.9 Å². The summed E-state index contributed by atoms with van der Waals surface area (Å²) in [6, 6.07) is 6.69. The van der Waals surface area contributed by atoms with Crippen LogP contribution < -0.4 is 39.2 Å². The van der Waals surface area contributed by atoms with Gasteiger partial charge in [0.05, 0.1) is 18.5 Å². The van der Waals surface area contributed by atoms with E-state index in [0.717, 1.165) is 10.6 Å². The molecule has 132 valence electrons. The zero-order chi connectivity index (χ0) is 18.1. The number of anilines is 1. The maximum Gasteiger partial charge on any atom is 1.00 e. The van der Waals surface area contributed by atoms with Crippen LogP contribution in [0.1, 0.15) is 0 Å². The van der Waals surface area contributed by atoms with Gasteiger partial charge in [0.15, 0.2) is 10.3 Å². The van der Waals surface area contributed by atoms with E-state index in [9.17, 15) is 31.0 Å². The third-order valence-corrected chi connectivity index (χ3v) is 5.24. The molecule has 0 aromatic heterocycles. The van der Waals surface area contributed by atoms with Crippen molar-refractivity contribution in [1.29, 1.82) is 0 Å². The first-order chi connectivity index (χ1) is 11.0. The third-order valence-electron chi connectivity index (χ3n) is 3.23. The summed E-state index contributed by atoms with van der Waals surface area (Å²) < 4.78 is 56.7. The van der Waals surface area contributed by atoms with Gasteiger partial charge in [0.2, 0.25) is 15.9 Å². The van der Waals surface area contributed by atoms with Crippen molar-refractivity contribution in [2.45, 2.75) is 6.04 Å². The molecule has 0 aliphatic carbocycles. The number of nitrogens with one attached hydrogen (secondary N) is 1. The maximum absolute atomic E-state index is 12.0. The molecular formula is C12H14N3NaO7S2. The predicted molar refractivity (Wildman–Crippen MR) is 82.0 cm³/mol. The number of sulfonamides is 1. The number of β-lactam (4-membered cyclic amide) rings is 1. The minimum Gasteiger partial charge on any atom is -0.731 e. The molecule has 1 heterocycles. The van der Waals surface area contributed by atoms with Crippen molar-refractivity contribution >= 4 is 37.8 Å². The summed E-state index contributed by atoms with van der Waals surface area (Å²) in [4.78, 5) is 23.5. The molecule has 0 saturated carbocycles. The Morgan fingerprint density at radius 3 is 2.28 bits per heavy atom. The van der Waals surface area contributed by atoms with Gasteiger partial charge in [0, 0.05) is 0 Å². The number of para-hydroxylation sites is 1. The molecule has 1 aromatic rings. The van der Waals surface area contributed by atoms with E-state index in [2.05, 4.69) is 5.32 Å². The Hall–Kier alpha value is -1.18. The average Bonchev–Trinajstić information content (AvgIpc) is 2.46. The number of nitrogens with zero attached hydrogens (tertiary/aromatic N) is 2. The molecule has 1 atom stereocenters. The van der Waals surface area contributed by atoms with Gasteiger partial charge in [-0.15, -0.1) is 0 Å². The minimum atomic E-state index is -4.90. The quantitative estimate of drug-likeness (QED) is 0.287. The van der Waals surface area contributed by atoms with Crippen LogP contribution in [-0.2, 0) is 29.9 Å². The second-order valence-electron chi connectivity index (χ2n) is 5.05. The molecule has 0 spiro atoms. The van der Waals surface area contributed by atoms with Crippen molar-refractivity contribution < 1.29 is 60.5 Å². The van der Waals surface area contributed by atoms with E-state index in [1.165, 1.54) is 12.1 Å². The van der Waals surface area contributed by atoms with Crippen LogP contribution in [0.3, 0.4) is 0 Å². The molecule has 2 rings (SSSR count). The SMILES string of the molecule is CS(=O)(=O)N(CC(=O)NC1CN(S(=O)(=O)[O-])C1=O)c1ccccc1.[Na+]. The van der Waals surface area contributed by atoms with Crippen LogP contribution >= 0.6 is 0 Å². The smallest absolute Gasteiger partial charge is 0.731 e. The summed E-state index contributed by atoms with van der Waals surface area (Å²) >= 11 is 0. The van der Waals surface area contributed by atoms with Crippen LogP contribution in [0.15, 0.2) is 30.3 Å². The van der Waals surface area contributed by atoms with E-state index < -0.39 is 51.3 Å². The summed E-state index contributed by atoms with van der Waals surface area (Å²) in [6.07, 6.45) is 0.924. The summed E-state index contributed by atoms with van der Waals surface area (Å²) in [5, 5.41) is 2.20. The van der Waals surface area contributed by atoms with Crippen LogP contribution in [0.4, 0.5) is 5.69 Å². The van der Waals surface area contributed by atoms with Crippen molar-refractivity contribution in [2.24, 2.45) is 0 Å². The molecule has 1 aliphatic heterocycles. The average molecular weight is 399 g/mol. The van der Waals surface area contributed by atoms with Crippen molar-refractivity contribution in [3.63, 3.8) is 0 Å². The van der Waals surface area contributed by atoms with Crippen LogP contribution in [0, 0.1) is 0 Å². The Morgan fingerprint density at radius 2 is 1.84 bits per heavy atom. The first-order valence-electron chi connectivity index (χ1n) is 6.59. The Labute approximate surface area is 167 Å². The first-order valence-corrected chi connectivity index (χ1v) is 9.81. The van der Waals surface area contributed by atoms with Crippen LogP contribution in [0.5, 0.6) is 0 Å². The van der Waals surface area contributed by atoms with Gasteiger partial charge in [-0.25, -0.2) is 21.1 Å². The van der Waals surface area contributed by atoms with E-state index in [0.29, 0.717) is 0 Å². The number of benzene rings is 1. The van der Waals surface area contributed by atoms with Crippen molar-refractivity contribution in [3.8, 4) is 0 Å². The Balaban J connectivity index is 0.00000312. The Morgan fingerprint density at radius 1 is 1.28 bits per heavy atom. The molecule has 13 heteroatoms. The van der Waals surface area contributed by atoms with Crippen LogP contribution in [0.2, 0.25) is 0 Å². The van der Waals surface area contributed by atoms with E-state index in [1.807, 2.05) is 0 Å². The molecule has 1 fully saturated rings. The third kappa shape index (κ3) is 5.39. The fourth-order valence-electron chi connectivity index (χ4n) is 2.07. The molecule has 1 N–H and O–H groups in total. The van der Waals surface area contributed by atoms with Crippen molar-refractivity contribution in [1.82, 2.24) is 9.62 Å². The van der Waals surface area contributed by atoms with Gasteiger partial charge in [0.25, 0.3) is 5.91 Å². The fraction of sp³-hybridized carbons (Fsp3) is 0.333. The largest absolute Gasteiger partial charge is 1.00 e. The first kappa shape index (κ1) is 21.9. The molecule has 2 amide bonds. The summed E-state index contributed by atoms with van der Waals surface area (Å²) in [5.74, 6) is -1.85. The van der Waals surface area contributed by atoms with Gasteiger partial charge in [-0.3, -0.25) is 13.9 Å². The number of amides is 2. The molecule has 0 radical (unpaired) electrons. The molecule has 1 unspecified atom stereocenters. The molecular weight excluding hydrogens is 385 g/mol. The summed E-state index contributed by atoms with van der Waals surface area (Å²) in [7, 11) is -8.65. The zero-order valence-electron chi connectivity index (χ0n) is 13.4. The second-order valence-corrected chi connectivity index (χ2v) is 8.26. The normalized spacial score (nSPS) is 17.3. The van der Waals surface area contributed by atoms with Gasteiger partial charge in [-0.1, -0.05) is 18.2 Å². The van der Waals surface area contributed by atoms with E-state index >= 15 is 0 Å². The summed E-state index contributed by atoms with van der Waals surface area (Å²) in [6.45, 7) is -1.06. The monoisotopic (exact) mass is 399 g/mol. The standard InChI is InChI=1S/C12H15N3O7S2.Na/c1-23(18,19)14(9-5-3-2-4-6-9)8-11(16)13-10-7-15(12(10)17)24(20,21)22;/h2-6,10H,7-8H2,1H3,(H,13,16)(H,20,21,22);/q;+1/p-1. The van der Waals surface area contributed by atoms with Gasteiger partial charge in [-0.2, -0.15) is 0 Å². The van der Waals surface area contributed by atoms with E-state index in [-0.39, 0.29) is 39.5 Å². The van der Waals surface area contributed by atoms with Gasteiger partial charge >= 0.3 is 29.6 Å². The summed E-state index contributed by atoms with van der Waals surface area (Å²) in [5.41, 5.74) is 0.263. The Kier molecular flexibility index (Phi) is 7.01. The number of hydrogen-bond donors (Lipinski definition) is 1. The number of carbonyl (C=O) groups excluding carboxylic acids is 2. The van der Waals surface area contributed by atoms with Crippen LogP contribution in [0.25, 0.3) is 0 Å². The molecule has 1 saturated heterocycles. The molecule has 25 heavy (non-hydrogen) atoms. The molecule has 10 nitrogen and oxygen atoms in total.